The molecule has 3 aromatic carbocycles. The number of benzene rings is 3. The zero-order valence-electron chi connectivity index (χ0n) is 18.6. The van der Waals surface area contributed by atoms with Gasteiger partial charge in [0.05, 0.1) is 31.0 Å². The van der Waals surface area contributed by atoms with E-state index in [0.29, 0.717) is 22.7 Å². The predicted octanol–water partition coefficient (Wildman–Crippen LogP) is 3.36. The Morgan fingerprint density at radius 1 is 1.00 bits per heavy atom. The Morgan fingerprint density at radius 3 is 2.33 bits per heavy atom. The first-order valence-corrected chi connectivity index (χ1v) is 11.5. The van der Waals surface area contributed by atoms with Crippen molar-refractivity contribution in [3.05, 3.63) is 83.9 Å². The van der Waals surface area contributed by atoms with Crippen molar-refractivity contribution in [2.45, 2.75) is 11.8 Å². The average molecular weight is 468 g/mol. The van der Waals surface area contributed by atoms with Crippen molar-refractivity contribution in [2.75, 3.05) is 25.1 Å². The number of nitrogens with one attached hydrogen (secondary N) is 1. The van der Waals surface area contributed by atoms with Crippen LogP contribution in [0.4, 0.5) is 5.69 Å². The molecule has 0 saturated carbocycles. The van der Waals surface area contributed by atoms with Crippen molar-refractivity contribution in [2.24, 2.45) is 5.10 Å². The van der Waals surface area contributed by atoms with Crippen molar-refractivity contribution in [1.29, 1.82) is 0 Å². The van der Waals surface area contributed by atoms with E-state index in [-0.39, 0.29) is 4.90 Å². The van der Waals surface area contributed by atoms with Crippen molar-refractivity contribution in [3.8, 4) is 11.5 Å². The van der Waals surface area contributed by atoms with Crippen LogP contribution in [0.2, 0.25) is 0 Å². The first kappa shape index (κ1) is 23.8. The lowest BCUT2D eigenvalue weighted by Crippen LogP contribution is -2.39. The molecule has 8 nitrogen and oxygen atoms in total. The zero-order valence-corrected chi connectivity index (χ0v) is 19.4. The number of ether oxygens (including phenoxy) is 2. The van der Waals surface area contributed by atoms with E-state index < -0.39 is 22.5 Å². The molecule has 0 aliphatic carbocycles. The van der Waals surface area contributed by atoms with Crippen LogP contribution < -0.4 is 19.2 Å². The van der Waals surface area contributed by atoms with Crippen LogP contribution in [0.1, 0.15) is 11.1 Å². The van der Waals surface area contributed by atoms with Crippen LogP contribution in [0.5, 0.6) is 11.5 Å². The first-order valence-electron chi connectivity index (χ1n) is 10.0. The van der Waals surface area contributed by atoms with Crippen LogP contribution in [-0.4, -0.2) is 41.3 Å². The maximum absolute atomic E-state index is 13.3. The molecule has 0 bridgehead atoms. The van der Waals surface area contributed by atoms with Crippen LogP contribution >= 0.6 is 0 Å². The summed E-state index contributed by atoms with van der Waals surface area (Å²) in [6, 6.07) is 20.1. The van der Waals surface area contributed by atoms with Gasteiger partial charge in [0.25, 0.3) is 15.9 Å². The van der Waals surface area contributed by atoms with Crippen LogP contribution in [-0.2, 0) is 14.8 Å². The molecule has 33 heavy (non-hydrogen) atoms. The van der Waals surface area contributed by atoms with Gasteiger partial charge in [-0.25, -0.2) is 13.8 Å². The summed E-state index contributed by atoms with van der Waals surface area (Å²) in [6.07, 6.45) is 1.41. The number of hydrogen-bond acceptors (Lipinski definition) is 6. The standard InChI is InChI=1S/C24H25N3O5S/c1-18-9-13-22(14-10-18)33(29,30)27(20-7-5-4-6-8-20)17-24(28)26-25-16-19-11-12-21(31-2)15-23(19)32-3/h4-16H,17H2,1-3H3,(H,26,28)/b25-16-. The minimum Gasteiger partial charge on any atom is -0.497 e. The van der Waals surface area contributed by atoms with Gasteiger partial charge in [-0.2, -0.15) is 5.10 Å². The minimum absolute atomic E-state index is 0.0937. The van der Waals surface area contributed by atoms with E-state index in [0.717, 1.165) is 9.87 Å². The fraction of sp³-hybridized carbons (Fsp3) is 0.167. The van der Waals surface area contributed by atoms with E-state index in [4.69, 9.17) is 9.47 Å². The monoisotopic (exact) mass is 467 g/mol. The third kappa shape index (κ3) is 5.89. The largest absolute Gasteiger partial charge is 0.497 e. The van der Waals surface area contributed by atoms with Crippen molar-refractivity contribution in [3.63, 3.8) is 0 Å². The number of aryl methyl sites for hydroxylation is 1. The minimum atomic E-state index is -3.97. The molecule has 1 amide bonds. The fourth-order valence-corrected chi connectivity index (χ4v) is 4.43. The molecule has 0 aliphatic heterocycles. The molecule has 9 heteroatoms. The van der Waals surface area contributed by atoms with E-state index in [2.05, 4.69) is 10.5 Å². The Labute approximate surface area is 193 Å². The molecule has 0 aliphatic rings. The molecule has 0 fully saturated rings. The van der Waals surface area contributed by atoms with Crippen LogP contribution in [0, 0.1) is 6.92 Å². The first-order chi connectivity index (χ1) is 15.8. The molecule has 1 N–H and O–H groups in total. The Balaban J connectivity index is 1.80. The van der Waals surface area contributed by atoms with E-state index in [1.807, 2.05) is 6.92 Å². The second-order valence-electron chi connectivity index (χ2n) is 7.06. The molecule has 0 unspecified atom stereocenters. The summed E-state index contributed by atoms with van der Waals surface area (Å²) in [5.41, 5.74) is 4.30. The summed E-state index contributed by atoms with van der Waals surface area (Å²) in [6.45, 7) is 1.42. The summed E-state index contributed by atoms with van der Waals surface area (Å²) in [5, 5.41) is 3.95. The molecule has 0 aromatic heterocycles. The Bertz CT molecular complexity index is 1230. The van der Waals surface area contributed by atoms with Crippen molar-refractivity contribution < 1.29 is 22.7 Å². The second-order valence-corrected chi connectivity index (χ2v) is 8.92. The fourth-order valence-electron chi connectivity index (χ4n) is 3.01. The van der Waals surface area contributed by atoms with Gasteiger partial charge in [-0.3, -0.25) is 9.10 Å². The number of hydrazone groups is 1. The predicted molar refractivity (Wildman–Crippen MR) is 127 cm³/mol. The van der Waals surface area contributed by atoms with E-state index in [1.165, 1.54) is 25.5 Å². The van der Waals surface area contributed by atoms with Gasteiger partial charge >= 0.3 is 0 Å². The summed E-state index contributed by atoms with van der Waals surface area (Å²) in [5.74, 6) is 0.534. The summed E-state index contributed by atoms with van der Waals surface area (Å²) < 4.78 is 38.1. The SMILES string of the molecule is COc1ccc(/C=N\NC(=O)CN(c2ccccc2)S(=O)(=O)c2ccc(C)cc2)c(OC)c1. The number of carbonyl (C=O) groups is 1. The van der Waals surface area contributed by atoms with Gasteiger partial charge < -0.3 is 9.47 Å². The molecule has 3 rings (SSSR count). The molecule has 0 atom stereocenters. The van der Waals surface area contributed by atoms with Gasteiger partial charge in [0.15, 0.2) is 0 Å². The van der Waals surface area contributed by atoms with E-state index >= 15 is 0 Å². The lowest BCUT2D eigenvalue weighted by atomic mass is 10.2. The van der Waals surface area contributed by atoms with Gasteiger partial charge in [-0.15, -0.1) is 0 Å². The molecule has 0 heterocycles. The highest BCUT2D eigenvalue weighted by atomic mass is 32.2. The molecule has 3 aromatic rings. The highest BCUT2D eigenvalue weighted by molar-refractivity contribution is 7.92. The van der Waals surface area contributed by atoms with Gasteiger partial charge in [0, 0.05) is 11.6 Å². The highest BCUT2D eigenvalue weighted by Crippen LogP contribution is 2.24. The number of methoxy groups -OCH3 is 2. The van der Waals surface area contributed by atoms with Crippen LogP contribution in [0.15, 0.2) is 82.8 Å². The number of hydrogen-bond donors (Lipinski definition) is 1. The smallest absolute Gasteiger partial charge is 0.264 e. The van der Waals surface area contributed by atoms with Crippen molar-refractivity contribution >= 4 is 27.8 Å². The van der Waals surface area contributed by atoms with Crippen LogP contribution in [0.3, 0.4) is 0 Å². The number of nitrogens with zero attached hydrogens (tertiary/aromatic N) is 2. The lowest BCUT2D eigenvalue weighted by molar-refractivity contribution is -0.119. The summed E-state index contributed by atoms with van der Waals surface area (Å²) in [4.78, 5) is 12.7. The number of rotatable bonds is 9. The number of para-hydroxylation sites is 1. The van der Waals surface area contributed by atoms with Crippen molar-refractivity contribution in [1.82, 2.24) is 5.43 Å². The molecule has 0 spiro atoms. The lowest BCUT2D eigenvalue weighted by Gasteiger charge is -2.23. The maximum Gasteiger partial charge on any atom is 0.264 e. The Hall–Kier alpha value is -3.85. The molecular weight excluding hydrogens is 442 g/mol. The molecule has 0 radical (unpaired) electrons. The third-order valence-corrected chi connectivity index (χ3v) is 6.56. The number of sulfonamides is 1. The van der Waals surface area contributed by atoms with E-state index in [1.54, 1.807) is 67.8 Å². The second kappa shape index (κ2) is 10.6. The summed E-state index contributed by atoms with van der Waals surface area (Å²) >= 11 is 0. The zero-order chi connectivity index (χ0) is 23.8. The normalized spacial score (nSPS) is 11.2. The molecular formula is C24H25N3O5S. The molecule has 0 saturated heterocycles. The number of anilines is 1. The quantitative estimate of drug-likeness (QED) is 0.384. The Morgan fingerprint density at radius 2 is 1.70 bits per heavy atom. The maximum atomic E-state index is 13.3. The Kier molecular flexibility index (Phi) is 7.68. The van der Waals surface area contributed by atoms with Crippen LogP contribution in [0.25, 0.3) is 0 Å². The highest BCUT2D eigenvalue weighted by Gasteiger charge is 2.27. The topological polar surface area (TPSA) is 97.3 Å². The van der Waals surface area contributed by atoms with Gasteiger partial charge in [-0.05, 0) is 43.3 Å². The van der Waals surface area contributed by atoms with Gasteiger partial charge in [0.2, 0.25) is 0 Å². The number of carbonyl (C=O) groups excluding carboxylic acids is 1. The average Bonchev–Trinajstić information content (AvgIpc) is 2.83. The molecule has 172 valence electrons. The van der Waals surface area contributed by atoms with Gasteiger partial charge in [-0.1, -0.05) is 35.9 Å². The number of amides is 1. The summed E-state index contributed by atoms with van der Waals surface area (Å²) in [7, 11) is -0.915. The van der Waals surface area contributed by atoms with Gasteiger partial charge in [0.1, 0.15) is 18.0 Å². The van der Waals surface area contributed by atoms with E-state index in [9.17, 15) is 13.2 Å². The third-order valence-electron chi connectivity index (χ3n) is 4.77.